The van der Waals surface area contributed by atoms with E-state index < -0.39 is 0 Å². The maximum atomic E-state index is 10.6. The van der Waals surface area contributed by atoms with Gasteiger partial charge in [0.2, 0.25) is 5.91 Å². The number of aliphatic hydroxyl groups excluding tert-OH is 1. The second-order valence-electron chi connectivity index (χ2n) is 11.6. The molecule has 2 aromatic carbocycles. The molecule has 0 saturated heterocycles. The van der Waals surface area contributed by atoms with Gasteiger partial charge in [-0.25, -0.2) is 0 Å². The number of ether oxygens (including phenoxy) is 4. The van der Waals surface area contributed by atoms with Crippen LogP contribution in [0.5, 0.6) is 0 Å². The minimum absolute atomic E-state index is 0.0394. The molecule has 0 aromatic heterocycles. The molecule has 0 saturated carbocycles. The lowest BCUT2D eigenvalue weighted by atomic mass is 10.2. The van der Waals surface area contributed by atoms with Gasteiger partial charge in [0.15, 0.2) is 5.78 Å². The minimum Gasteiger partial charge on any atom is -0.466 e. The van der Waals surface area contributed by atoms with E-state index in [0.717, 1.165) is 38.0 Å². The summed E-state index contributed by atoms with van der Waals surface area (Å²) >= 11 is 0. The van der Waals surface area contributed by atoms with Crippen LogP contribution in [0.3, 0.4) is 0 Å². The predicted octanol–water partition coefficient (Wildman–Crippen LogP) is 12.1. The number of carbonyl (C=O) groups is 4. The van der Waals surface area contributed by atoms with Crippen molar-refractivity contribution in [2.45, 2.75) is 169 Å². The molecule has 10 heteroatoms. The molecule has 0 radical (unpaired) electrons. The number of nitrogens with one attached hydrogen (secondary N) is 1. The van der Waals surface area contributed by atoms with Gasteiger partial charge >= 0.3 is 5.97 Å². The Labute approximate surface area is 370 Å². The van der Waals surface area contributed by atoms with Crippen molar-refractivity contribution < 1.29 is 43.2 Å². The molecule has 2 rings (SSSR count). The zero-order valence-electron chi connectivity index (χ0n) is 41.9. The first-order valence-electron chi connectivity index (χ1n) is 22.1. The molecule has 0 aliphatic heterocycles. The second-order valence-corrected chi connectivity index (χ2v) is 11.6. The number of hydrogen-bond donors (Lipinski definition) is 2. The normalized spacial score (nSPS) is 9.45. The van der Waals surface area contributed by atoms with E-state index in [1.807, 2.05) is 98.7 Å². The lowest BCUT2D eigenvalue weighted by Crippen LogP contribution is -2.18. The Morgan fingerprint density at radius 2 is 1.12 bits per heavy atom. The highest BCUT2D eigenvalue weighted by atomic mass is 16.5. The number of aryl methyl sites for hydroxylation is 1. The van der Waals surface area contributed by atoms with Crippen molar-refractivity contribution in [3.63, 3.8) is 0 Å². The van der Waals surface area contributed by atoms with Crippen molar-refractivity contribution in [2.24, 2.45) is 0 Å². The standard InChI is InChI=1S/C9H18O2.C8H8O.C8H10.C6H14O2.C4H9NO.C4H8O2.C4H8O.C3H8.2C2H6/c1-4-7-11-9(5-2)8-10-6-3;1-7(9)8-5-3-2-4-6-8;1-2-8-6-4-3-5-7-8;1-3-6(7)5-8-4-2;1-3-5-4(2)6;1-3-6-4(2)5;1-3-4(2)5;1-3-2;2*1-2/h4,9H,1,5-8H2,2-3H3;2-6H,1H3;3-7H,2H2,1H3;6-7H,3-5H2,1-2H3;3H2,1-2H3,(H,5,6);3H2,1-2H3;3H2,1-2H3;3H2,1-2H3;2*1-2H3. The second kappa shape index (κ2) is 69.9. The van der Waals surface area contributed by atoms with Crippen LogP contribution in [0.2, 0.25) is 0 Å². The Morgan fingerprint density at radius 3 is 1.33 bits per heavy atom. The molecule has 2 N–H and O–H groups in total. The van der Waals surface area contributed by atoms with Gasteiger partial charge in [-0.05, 0) is 66.4 Å². The molecule has 1 amide bonds. The fourth-order valence-corrected chi connectivity index (χ4v) is 2.95. The van der Waals surface area contributed by atoms with Crippen molar-refractivity contribution in [3.05, 3.63) is 84.4 Å². The van der Waals surface area contributed by atoms with Crippen molar-refractivity contribution >= 4 is 23.4 Å². The molecule has 0 fully saturated rings. The summed E-state index contributed by atoms with van der Waals surface area (Å²) < 4.78 is 20.0. The molecule has 0 bridgehead atoms. The average molecular weight is 854 g/mol. The van der Waals surface area contributed by atoms with E-state index in [4.69, 9.17) is 19.3 Å². The number of ketones is 2. The number of hydrogen-bond acceptors (Lipinski definition) is 9. The topological polar surface area (TPSA) is 137 Å². The van der Waals surface area contributed by atoms with Gasteiger partial charge in [0.1, 0.15) is 5.78 Å². The van der Waals surface area contributed by atoms with Gasteiger partial charge in [-0.15, -0.1) is 6.58 Å². The van der Waals surface area contributed by atoms with Gasteiger partial charge in [0.25, 0.3) is 0 Å². The first-order valence-corrected chi connectivity index (χ1v) is 22.1. The van der Waals surface area contributed by atoms with E-state index >= 15 is 0 Å². The molecule has 60 heavy (non-hydrogen) atoms. The quantitative estimate of drug-likeness (QED) is 0.0960. The van der Waals surface area contributed by atoms with Crippen molar-refractivity contribution in [3.8, 4) is 0 Å². The fourth-order valence-electron chi connectivity index (χ4n) is 2.95. The predicted molar refractivity (Wildman–Crippen MR) is 258 cm³/mol. The van der Waals surface area contributed by atoms with Crippen LogP contribution in [-0.2, 0) is 39.8 Å². The summed E-state index contributed by atoms with van der Waals surface area (Å²) in [5.74, 6) is 0.204. The van der Waals surface area contributed by atoms with Crippen molar-refractivity contribution in [1.82, 2.24) is 5.32 Å². The average Bonchev–Trinajstić information content (AvgIpc) is 3.26. The van der Waals surface area contributed by atoms with Crippen LogP contribution < -0.4 is 5.32 Å². The molecule has 0 aliphatic rings. The SMILES string of the molecule is C=CCOC(CC)COCC.CC.CC.CC(=O)c1ccccc1.CCC.CCC(C)=O.CCNC(C)=O.CCOC(C)=O.CCOCC(O)CC.CCc1ccccc1. The molecule has 0 heterocycles. The lowest BCUT2D eigenvalue weighted by molar-refractivity contribution is -0.140. The van der Waals surface area contributed by atoms with Gasteiger partial charge in [-0.1, -0.05) is 142 Å². The maximum Gasteiger partial charge on any atom is 0.302 e. The number of amides is 1. The van der Waals surface area contributed by atoms with Gasteiger partial charge in [-0.2, -0.15) is 0 Å². The van der Waals surface area contributed by atoms with E-state index in [2.05, 4.69) is 68.6 Å². The Kier molecular flexibility index (Phi) is 86.0. The highest BCUT2D eigenvalue weighted by Crippen LogP contribution is 1.99. The molecule has 2 aromatic rings. The van der Waals surface area contributed by atoms with Gasteiger partial charge in [0.05, 0.1) is 38.6 Å². The molecule has 0 aliphatic carbocycles. The summed E-state index contributed by atoms with van der Waals surface area (Å²) in [5, 5.41) is 11.4. The molecule has 0 spiro atoms. The maximum absolute atomic E-state index is 10.6. The zero-order valence-corrected chi connectivity index (χ0v) is 41.9. The van der Waals surface area contributed by atoms with E-state index in [0.29, 0.717) is 39.5 Å². The third-order valence-corrected chi connectivity index (χ3v) is 6.10. The Hall–Kier alpha value is -3.70. The van der Waals surface area contributed by atoms with E-state index in [1.54, 1.807) is 26.8 Å². The van der Waals surface area contributed by atoms with E-state index in [-0.39, 0.29) is 35.7 Å². The number of aliphatic hydroxyl groups is 1. The van der Waals surface area contributed by atoms with Gasteiger partial charge in [-0.3, -0.25) is 14.4 Å². The summed E-state index contributed by atoms with van der Waals surface area (Å²) in [6.45, 7) is 41.9. The molecule has 10 nitrogen and oxygen atoms in total. The van der Waals surface area contributed by atoms with Crippen LogP contribution in [0.4, 0.5) is 0 Å². The third-order valence-electron chi connectivity index (χ3n) is 6.10. The first kappa shape index (κ1) is 73.8. The third kappa shape index (κ3) is 86.2. The number of benzene rings is 2. The van der Waals surface area contributed by atoms with Crippen LogP contribution in [0, 0.1) is 0 Å². The Balaban J connectivity index is -0.0000000864. The van der Waals surface area contributed by atoms with Crippen LogP contribution in [0.1, 0.15) is 166 Å². The monoisotopic (exact) mass is 854 g/mol. The van der Waals surface area contributed by atoms with Gasteiger partial charge < -0.3 is 34.2 Å². The molecule has 2 atom stereocenters. The smallest absolute Gasteiger partial charge is 0.302 e. The summed E-state index contributed by atoms with van der Waals surface area (Å²) in [7, 11) is 0. The summed E-state index contributed by atoms with van der Waals surface area (Å²) in [6, 6.07) is 19.7. The number of carbonyl (C=O) groups excluding carboxylic acids is 4. The van der Waals surface area contributed by atoms with E-state index in [1.165, 1.54) is 25.8 Å². The summed E-state index contributed by atoms with van der Waals surface area (Å²) in [4.78, 5) is 40.2. The number of rotatable bonds is 16. The molecule has 354 valence electrons. The van der Waals surface area contributed by atoms with Crippen molar-refractivity contribution in [1.29, 1.82) is 0 Å². The lowest BCUT2D eigenvalue weighted by Gasteiger charge is -2.13. The summed E-state index contributed by atoms with van der Waals surface area (Å²) in [5.41, 5.74) is 2.19. The van der Waals surface area contributed by atoms with Crippen LogP contribution >= 0.6 is 0 Å². The highest BCUT2D eigenvalue weighted by Gasteiger charge is 2.04. The molecular formula is C50H95NO9. The molecule has 2 unspecified atom stereocenters. The largest absolute Gasteiger partial charge is 0.466 e. The highest BCUT2D eigenvalue weighted by molar-refractivity contribution is 5.93. The number of esters is 1. The first-order chi connectivity index (χ1) is 28.6. The summed E-state index contributed by atoms with van der Waals surface area (Å²) in [6.07, 6.45) is 6.55. The molecular weight excluding hydrogens is 759 g/mol. The minimum atomic E-state index is -0.269. The van der Waals surface area contributed by atoms with E-state index in [9.17, 15) is 19.2 Å². The Morgan fingerprint density at radius 1 is 0.683 bits per heavy atom. The zero-order chi connectivity index (χ0) is 48.4. The fraction of sp³-hybridized carbons (Fsp3) is 0.640. The Bertz CT molecular complexity index is 1080. The van der Waals surface area contributed by atoms with Crippen LogP contribution in [0.15, 0.2) is 73.3 Å². The van der Waals surface area contributed by atoms with Crippen molar-refractivity contribution in [2.75, 3.05) is 46.2 Å². The van der Waals surface area contributed by atoms with Gasteiger partial charge in [0, 0.05) is 45.6 Å². The van der Waals surface area contributed by atoms with Crippen LogP contribution in [-0.4, -0.2) is 86.9 Å². The van der Waals surface area contributed by atoms with Crippen LogP contribution in [0.25, 0.3) is 0 Å². The number of Topliss-reactive ketones (excluding diaryl/α,β-unsaturated/α-hetero) is 2.